The Kier molecular flexibility index (Phi) is 4.66. The van der Waals surface area contributed by atoms with E-state index in [9.17, 15) is 14.9 Å². The lowest BCUT2D eigenvalue weighted by Crippen LogP contribution is -2.07. The molecule has 5 nitrogen and oxygen atoms in total. The number of methoxy groups -OCH3 is 1. The van der Waals surface area contributed by atoms with Crippen molar-refractivity contribution < 1.29 is 14.5 Å². The molecule has 0 heterocycles. The normalized spacial score (nSPS) is 9.94. The first-order valence-electron chi connectivity index (χ1n) is 4.13. The van der Waals surface area contributed by atoms with Crippen LogP contribution < -0.4 is 4.74 Å². The number of benzene rings is 1. The maximum Gasteiger partial charge on any atom is 0.283 e. The summed E-state index contributed by atoms with van der Waals surface area (Å²) in [5.41, 5.74) is 0.153. The molecule has 86 valence electrons. The van der Waals surface area contributed by atoms with Gasteiger partial charge in [0.25, 0.3) is 5.69 Å². The Hall–Kier alpha value is -0.700. The maximum absolute atomic E-state index is 11.6. The number of ether oxygens (including phenoxy) is 1. The number of hydrogen-bond acceptors (Lipinski definition) is 4. The molecule has 1 rings (SSSR count). The molecule has 0 bridgehead atoms. The second-order valence-corrected chi connectivity index (χ2v) is 4.43. The van der Waals surface area contributed by atoms with Gasteiger partial charge < -0.3 is 4.74 Å². The van der Waals surface area contributed by atoms with Gasteiger partial charge >= 0.3 is 0 Å². The Morgan fingerprint density at radius 2 is 2.25 bits per heavy atom. The van der Waals surface area contributed by atoms with Crippen LogP contribution >= 0.6 is 38.5 Å². The fourth-order valence-corrected chi connectivity index (χ4v) is 2.41. The van der Waals surface area contributed by atoms with Crippen LogP contribution in [0.3, 0.4) is 0 Å². The van der Waals surface area contributed by atoms with E-state index >= 15 is 0 Å². The lowest BCUT2D eigenvalue weighted by Gasteiger charge is -2.08. The van der Waals surface area contributed by atoms with E-state index in [4.69, 9.17) is 4.74 Å². The molecule has 0 spiro atoms. The van der Waals surface area contributed by atoms with E-state index in [-0.39, 0.29) is 22.4 Å². The van der Waals surface area contributed by atoms with Gasteiger partial charge in [0.2, 0.25) is 0 Å². The molecule has 0 aliphatic rings. The molecule has 0 aliphatic heterocycles. The third-order valence-corrected chi connectivity index (χ3v) is 3.50. The van der Waals surface area contributed by atoms with Crippen LogP contribution in [0.1, 0.15) is 10.4 Å². The lowest BCUT2D eigenvalue weighted by atomic mass is 10.1. The summed E-state index contributed by atoms with van der Waals surface area (Å²) in [6, 6.07) is 2.75. The monoisotopic (exact) mass is 399 g/mol. The van der Waals surface area contributed by atoms with Crippen molar-refractivity contribution >= 4 is 50.0 Å². The van der Waals surface area contributed by atoms with E-state index in [0.717, 1.165) is 0 Å². The van der Waals surface area contributed by atoms with E-state index in [0.29, 0.717) is 9.32 Å². The van der Waals surface area contributed by atoms with Gasteiger partial charge in [-0.2, -0.15) is 0 Å². The van der Waals surface area contributed by atoms with Crippen LogP contribution in [-0.2, 0) is 0 Å². The molecule has 1 aromatic rings. The molecule has 7 heteroatoms. The van der Waals surface area contributed by atoms with Crippen molar-refractivity contribution in [1.29, 1.82) is 0 Å². The highest BCUT2D eigenvalue weighted by atomic mass is 127. The molecule has 0 amide bonds. The van der Waals surface area contributed by atoms with Gasteiger partial charge in [0, 0.05) is 6.07 Å². The molecule has 16 heavy (non-hydrogen) atoms. The minimum atomic E-state index is -0.522. The summed E-state index contributed by atoms with van der Waals surface area (Å²) in [6.45, 7) is 0. The number of ketones is 1. The topological polar surface area (TPSA) is 69.4 Å². The Morgan fingerprint density at radius 3 is 2.69 bits per heavy atom. The maximum atomic E-state index is 11.6. The average Bonchev–Trinajstić information content (AvgIpc) is 2.26. The minimum absolute atomic E-state index is 0.0919. The van der Waals surface area contributed by atoms with Crippen LogP contribution in [0.15, 0.2) is 12.1 Å². The van der Waals surface area contributed by atoms with Gasteiger partial charge in [-0.15, -0.1) is 0 Å². The number of nitrogens with zero attached hydrogens (tertiary/aromatic N) is 1. The molecule has 1 aromatic carbocycles. The minimum Gasteiger partial charge on any atom is -0.496 e. The summed E-state index contributed by atoms with van der Waals surface area (Å²) >= 11 is 4.81. The van der Waals surface area contributed by atoms with Crippen LogP contribution in [0.25, 0.3) is 0 Å². The van der Waals surface area contributed by atoms with Crippen molar-refractivity contribution in [2.75, 3.05) is 12.4 Å². The standard InChI is InChI=1S/C9H7BrINO4/c1-16-7-3-2-5(12(14)15)9(11)8(7)6(13)4-10/h2-3H,4H2,1H3. The molecule has 0 radical (unpaired) electrons. The summed E-state index contributed by atoms with van der Waals surface area (Å²) in [5.74, 6) is 0.101. The van der Waals surface area contributed by atoms with E-state index in [1.807, 2.05) is 0 Å². The number of carbonyl (C=O) groups is 1. The molecule has 0 atom stereocenters. The fourth-order valence-electron chi connectivity index (χ4n) is 1.19. The number of carbonyl (C=O) groups excluding carboxylic acids is 1. The summed E-state index contributed by atoms with van der Waals surface area (Å²) in [6.07, 6.45) is 0. The van der Waals surface area contributed by atoms with Crippen LogP contribution in [-0.4, -0.2) is 23.1 Å². The van der Waals surface area contributed by atoms with Crippen molar-refractivity contribution in [2.24, 2.45) is 0 Å². The predicted molar refractivity (Wildman–Crippen MR) is 70.5 cm³/mol. The first-order chi connectivity index (χ1) is 7.52. The molecule has 0 fully saturated rings. The molecule has 0 aliphatic carbocycles. The average molecular weight is 400 g/mol. The van der Waals surface area contributed by atoms with Gasteiger partial charge in [-0.1, -0.05) is 15.9 Å². The fraction of sp³-hybridized carbons (Fsp3) is 0.222. The first kappa shape index (κ1) is 13.4. The quantitative estimate of drug-likeness (QED) is 0.256. The zero-order valence-electron chi connectivity index (χ0n) is 8.20. The second kappa shape index (κ2) is 5.58. The molecule has 0 saturated heterocycles. The third-order valence-electron chi connectivity index (χ3n) is 1.90. The highest BCUT2D eigenvalue weighted by molar-refractivity contribution is 14.1. The number of Topliss-reactive ketones (excluding diaryl/α,β-unsaturated/α-hetero) is 1. The zero-order chi connectivity index (χ0) is 12.3. The summed E-state index contributed by atoms with van der Waals surface area (Å²) in [7, 11) is 1.42. The van der Waals surface area contributed by atoms with Crippen molar-refractivity contribution in [2.45, 2.75) is 0 Å². The van der Waals surface area contributed by atoms with E-state index in [2.05, 4.69) is 15.9 Å². The van der Waals surface area contributed by atoms with Gasteiger partial charge in [0.15, 0.2) is 5.78 Å². The summed E-state index contributed by atoms with van der Waals surface area (Å²) < 4.78 is 5.31. The first-order valence-corrected chi connectivity index (χ1v) is 6.33. The smallest absolute Gasteiger partial charge is 0.283 e. The highest BCUT2D eigenvalue weighted by Gasteiger charge is 2.23. The third kappa shape index (κ3) is 2.51. The molecule has 0 saturated carbocycles. The van der Waals surface area contributed by atoms with Crippen LogP contribution in [0.2, 0.25) is 0 Å². The number of nitro benzene ring substituents is 1. The number of alkyl halides is 1. The molecular weight excluding hydrogens is 393 g/mol. The number of rotatable bonds is 4. The van der Waals surface area contributed by atoms with E-state index in [1.54, 1.807) is 22.6 Å². The Labute approximate surface area is 114 Å². The molecule has 0 N–H and O–H groups in total. The largest absolute Gasteiger partial charge is 0.496 e. The summed E-state index contributed by atoms with van der Waals surface area (Å²) in [5, 5.41) is 10.8. The Balaban J connectivity index is 3.46. The number of hydrogen-bond donors (Lipinski definition) is 0. The van der Waals surface area contributed by atoms with Crippen molar-refractivity contribution in [3.8, 4) is 5.75 Å². The van der Waals surface area contributed by atoms with Gasteiger partial charge in [0.1, 0.15) is 9.32 Å². The van der Waals surface area contributed by atoms with Gasteiger partial charge in [-0.05, 0) is 28.7 Å². The SMILES string of the molecule is COc1ccc([N+](=O)[O-])c(I)c1C(=O)CBr. The van der Waals surface area contributed by atoms with E-state index < -0.39 is 4.92 Å². The molecular formula is C9H7BrINO4. The van der Waals surface area contributed by atoms with Gasteiger partial charge in [-0.25, -0.2) is 0 Å². The van der Waals surface area contributed by atoms with Crippen molar-refractivity contribution in [3.63, 3.8) is 0 Å². The number of halogens is 2. The van der Waals surface area contributed by atoms with Crippen molar-refractivity contribution in [3.05, 3.63) is 31.4 Å². The van der Waals surface area contributed by atoms with E-state index in [1.165, 1.54) is 19.2 Å². The molecule has 0 unspecified atom stereocenters. The van der Waals surface area contributed by atoms with Crippen LogP contribution in [0.5, 0.6) is 5.75 Å². The van der Waals surface area contributed by atoms with Gasteiger partial charge in [0.05, 0.1) is 22.9 Å². The van der Waals surface area contributed by atoms with Crippen LogP contribution in [0.4, 0.5) is 5.69 Å². The van der Waals surface area contributed by atoms with Gasteiger partial charge in [-0.3, -0.25) is 14.9 Å². The Morgan fingerprint density at radius 1 is 1.62 bits per heavy atom. The zero-order valence-corrected chi connectivity index (χ0v) is 11.9. The second-order valence-electron chi connectivity index (χ2n) is 2.79. The predicted octanol–water partition coefficient (Wildman–Crippen LogP) is 2.79. The summed E-state index contributed by atoms with van der Waals surface area (Å²) in [4.78, 5) is 21.8. The molecule has 0 aromatic heterocycles. The highest BCUT2D eigenvalue weighted by Crippen LogP contribution is 2.32. The number of nitro groups is 1. The van der Waals surface area contributed by atoms with Crippen LogP contribution in [0, 0.1) is 13.7 Å². The van der Waals surface area contributed by atoms with Crippen molar-refractivity contribution in [1.82, 2.24) is 0 Å². The Bertz CT molecular complexity index is 449. The lowest BCUT2D eigenvalue weighted by molar-refractivity contribution is -0.385.